The second-order valence-corrected chi connectivity index (χ2v) is 6.22. The molecule has 0 aromatic heterocycles. The van der Waals surface area contributed by atoms with Crippen LogP contribution in [0.5, 0.6) is 0 Å². The summed E-state index contributed by atoms with van der Waals surface area (Å²) in [5.41, 5.74) is 0.457. The molecule has 1 rings (SSSR count). The number of hydrogen-bond donors (Lipinski definition) is 0. The highest BCUT2D eigenvalue weighted by molar-refractivity contribution is 5.60. The summed E-state index contributed by atoms with van der Waals surface area (Å²) in [6.07, 6.45) is 3.89. The van der Waals surface area contributed by atoms with Crippen LogP contribution < -0.4 is 17.0 Å². The Kier molecular flexibility index (Phi) is 5.67. The molecule has 0 saturated heterocycles. The molecular formula is C13H26BrNO. The topological polar surface area (TPSA) is 12.2 Å². The average Bonchev–Trinajstić information content (AvgIpc) is 1.99. The summed E-state index contributed by atoms with van der Waals surface area (Å²) in [5.74, 6) is 0. The molecule has 0 aromatic rings. The molecule has 2 nitrogen and oxygen atoms in total. The van der Waals surface area contributed by atoms with Gasteiger partial charge in [0.2, 0.25) is 0 Å². The Labute approximate surface area is 111 Å². The van der Waals surface area contributed by atoms with E-state index in [-0.39, 0.29) is 27.9 Å². The van der Waals surface area contributed by atoms with Crippen LogP contribution in [0.25, 0.3) is 0 Å². The maximum absolute atomic E-state index is 5.78. The van der Waals surface area contributed by atoms with Crippen molar-refractivity contribution in [2.45, 2.75) is 59.6 Å². The summed E-state index contributed by atoms with van der Waals surface area (Å²) in [4.78, 5) is 0. The van der Waals surface area contributed by atoms with Crippen molar-refractivity contribution in [2.24, 2.45) is 5.41 Å². The number of rotatable bonds is 2. The van der Waals surface area contributed by atoms with Gasteiger partial charge in [0.25, 0.3) is 0 Å². The molecule has 0 fully saturated rings. The van der Waals surface area contributed by atoms with E-state index in [0.29, 0.717) is 6.10 Å². The van der Waals surface area contributed by atoms with Crippen LogP contribution in [0.1, 0.15) is 48.0 Å². The second-order valence-electron chi connectivity index (χ2n) is 6.22. The zero-order valence-electron chi connectivity index (χ0n) is 11.5. The van der Waals surface area contributed by atoms with Crippen molar-refractivity contribution in [3.05, 3.63) is 0 Å². The highest BCUT2D eigenvalue weighted by atomic mass is 79.9. The Balaban J connectivity index is 0.00000225. The lowest BCUT2D eigenvalue weighted by Gasteiger charge is -2.33. The normalized spacial score (nSPS) is 24.6. The van der Waals surface area contributed by atoms with Crippen molar-refractivity contribution in [2.75, 3.05) is 13.2 Å². The minimum Gasteiger partial charge on any atom is -1.00 e. The van der Waals surface area contributed by atoms with E-state index in [2.05, 4.69) is 52.3 Å². The molecule has 1 atom stereocenters. The molecule has 0 radical (unpaired) electrons. The van der Waals surface area contributed by atoms with Gasteiger partial charge in [0.1, 0.15) is 12.3 Å². The Morgan fingerprint density at radius 2 is 1.94 bits per heavy atom. The molecule has 3 heteroatoms. The molecule has 0 aromatic carbocycles. The molecule has 0 spiro atoms. The molecule has 0 saturated carbocycles. The minimum absolute atomic E-state index is 0. The lowest BCUT2D eigenvalue weighted by atomic mass is 9.84. The predicted octanol–water partition coefficient (Wildman–Crippen LogP) is -0.293. The number of halogens is 1. The molecule has 0 amide bonds. The fraction of sp³-hybridized carbons (Fsp3) is 0.923. The monoisotopic (exact) mass is 291 g/mol. The van der Waals surface area contributed by atoms with Gasteiger partial charge in [0.05, 0.1) is 0 Å². The van der Waals surface area contributed by atoms with E-state index in [0.717, 1.165) is 19.6 Å². The van der Waals surface area contributed by atoms with E-state index in [1.165, 1.54) is 0 Å². The van der Waals surface area contributed by atoms with E-state index in [9.17, 15) is 0 Å². The van der Waals surface area contributed by atoms with E-state index in [1.807, 2.05) is 0 Å². The highest BCUT2D eigenvalue weighted by Crippen LogP contribution is 2.27. The van der Waals surface area contributed by atoms with Crippen LogP contribution in [0, 0.1) is 5.41 Å². The van der Waals surface area contributed by atoms with Crippen molar-refractivity contribution in [1.29, 1.82) is 0 Å². The SMILES string of the molecule is CCOC1C[N+](C(C)(C)C)=CC(C)(C)C1.[Br-]. The third-order valence-corrected chi connectivity index (χ3v) is 2.92. The van der Waals surface area contributed by atoms with Gasteiger partial charge in [0, 0.05) is 12.0 Å². The summed E-state index contributed by atoms with van der Waals surface area (Å²) >= 11 is 0. The van der Waals surface area contributed by atoms with Crippen LogP contribution >= 0.6 is 0 Å². The Bertz CT molecular complexity index is 253. The summed E-state index contributed by atoms with van der Waals surface area (Å²) in [7, 11) is 0. The molecular weight excluding hydrogens is 266 g/mol. The fourth-order valence-corrected chi connectivity index (χ4v) is 2.21. The number of ether oxygens (including phenoxy) is 1. The van der Waals surface area contributed by atoms with E-state index in [1.54, 1.807) is 0 Å². The van der Waals surface area contributed by atoms with Gasteiger partial charge in [-0.1, -0.05) is 13.8 Å². The van der Waals surface area contributed by atoms with Crippen molar-refractivity contribution in [3.63, 3.8) is 0 Å². The van der Waals surface area contributed by atoms with Crippen molar-refractivity contribution < 1.29 is 26.3 Å². The summed E-state index contributed by atoms with van der Waals surface area (Å²) in [5, 5.41) is 0. The molecule has 96 valence electrons. The molecule has 0 aliphatic carbocycles. The lowest BCUT2D eigenvalue weighted by Crippen LogP contribution is -3.00. The first-order chi connectivity index (χ1) is 6.74. The largest absolute Gasteiger partial charge is 1.00 e. The van der Waals surface area contributed by atoms with Crippen LogP contribution in [0.15, 0.2) is 0 Å². The summed E-state index contributed by atoms with van der Waals surface area (Å²) < 4.78 is 8.21. The van der Waals surface area contributed by atoms with Gasteiger partial charge in [0.15, 0.2) is 12.1 Å². The van der Waals surface area contributed by atoms with Crippen LogP contribution in [-0.4, -0.2) is 35.6 Å². The summed E-state index contributed by atoms with van der Waals surface area (Å²) in [6, 6.07) is 0. The molecule has 1 unspecified atom stereocenters. The van der Waals surface area contributed by atoms with Crippen LogP contribution in [-0.2, 0) is 4.74 Å². The Hall–Kier alpha value is 0.110. The third-order valence-electron chi connectivity index (χ3n) is 2.92. The van der Waals surface area contributed by atoms with Gasteiger partial charge in [-0.05, 0) is 34.1 Å². The van der Waals surface area contributed by atoms with Crippen LogP contribution in [0.4, 0.5) is 0 Å². The molecule has 1 aliphatic rings. The van der Waals surface area contributed by atoms with E-state index in [4.69, 9.17) is 4.74 Å². The predicted molar refractivity (Wildman–Crippen MR) is 64.8 cm³/mol. The smallest absolute Gasteiger partial charge is 0.169 e. The first-order valence-electron chi connectivity index (χ1n) is 5.99. The zero-order valence-corrected chi connectivity index (χ0v) is 13.1. The summed E-state index contributed by atoms with van der Waals surface area (Å²) in [6.45, 7) is 15.3. The van der Waals surface area contributed by atoms with Gasteiger partial charge in [-0.2, -0.15) is 0 Å². The maximum Gasteiger partial charge on any atom is 0.169 e. The zero-order chi connectivity index (χ0) is 11.7. The van der Waals surface area contributed by atoms with Crippen molar-refractivity contribution >= 4 is 6.21 Å². The molecule has 0 bridgehead atoms. The van der Waals surface area contributed by atoms with Gasteiger partial charge >= 0.3 is 0 Å². The molecule has 1 aliphatic heterocycles. The van der Waals surface area contributed by atoms with Gasteiger partial charge in [-0.3, -0.25) is 0 Å². The first-order valence-corrected chi connectivity index (χ1v) is 5.99. The van der Waals surface area contributed by atoms with Crippen LogP contribution in [0.3, 0.4) is 0 Å². The average molecular weight is 292 g/mol. The Morgan fingerprint density at radius 3 is 2.38 bits per heavy atom. The van der Waals surface area contributed by atoms with E-state index >= 15 is 0 Å². The molecule has 0 N–H and O–H groups in total. The van der Waals surface area contributed by atoms with Gasteiger partial charge < -0.3 is 21.7 Å². The minimum atomic E-state index is 0. The highest BCUT2D eigenvalue weighted by Gasteiger charge is 2.38. The van der Waals surface area contributed by atoms with Gasteiger partial charge in [-0.25, -0.2) is 4.58 Å². The number of nitrogens with zero attached hydrogens (tertiary/aromatic N) is 1. The third kappa shape index (κ3) is 4.54. The van der Waals surface area contributed by atoms with Gasteiger partial charge in [-0.15, -0.1) is 0 Å². The van der Waals surface area contributed by atoms with Crippen LogP contribution in [0.2, 0.25) is 0 Å². The second kappa shape index (κ2) is 5.63. The maximum atomic E-state index is 5.78. The first kappa shape index (κ1) is 16.1. The lowest BCUT2D eigenvalue weighted by molar-refractivity contribution is -0.607. The fourth-order valence-electron chi connectivity index (χ4n) is 2.21. The van der Waals surface area contributed by atoms with Crippen molar-refractivity contribution in [1.82, 2.24) is 0 Å². The quantitative estimate of drug-likeness (QED) is 0.637. The van der Waals surface area contributed by atoms with E-state index < -0.39 is 0 Å². The molecule has 16 heavy (non-hydrogen) atoms. The number of hydrogen-bond acceptors (Lipinski definition) is 1. The standard InChI is InChI=1S/C13H26NO.BrH/c1-7-15-11-8-13(5,6)10-14(9-11)12(2,3)4;/h10-11H,7-9H2,1-6H3;1H/q+1;/p-1. The Morgan fingerprint density at radius 1 is 1.38 bits per heavy atom. The van der Waals surface area contributed by atoms with Crippen molar-refractivity contribution in [3.8, 4) is 0 Å². The molecule has 1 heterocycles.